The lowest BCUT2D eigenvalue weighted by Gasteiger charge is -2.23. The predicted octanol–water partition coefficient (Wildman–Crippen LogP) is 4.88. The summed E-state index contributed by atoms with van der Waals surface area (Å²) in [7, 11) is 0. The van der Waals surface area contributed by atoms with E-state index in [0.717, 1.165) is 11.6 Å². The number of hydrogen-bond acceptors (Lipinski definition) is 2. The van der Waals surface area contributed by atoms with Gasteiger partial charge in [-0.25, -0.2) is 9.67 Å². The van der Waals surface area contributed by atoms with Gasteiger partial charge in [0.15, 0.2) is 11.6 Å². The smallest absolute Gasteiger partial charge is 0.158 e. The summed E-state index contributed by atoms with van der Waals surface area (Å²) >= 11 is 0. The Morgan fingerprint density at radius 1 is 1.10 bits per heavy atom. The van der Waals surface area contributed by atoms with Crippen LogP contribution in [-0.4, -0.2) is 14.8 Å². The monoisotopic (exact) mass is 283 g/mol. The molecule has 3 nitrogen and oxygen atoms in total. The Morgan fingerprint density at radius 3 is 2.48 bits per heavy atom. The van der Waals surface area contributed by atoms with Gasteiger partial charge in [0, 0.05) is 11.5 Å². The molecule has 1 heterocycles. The molecule has 0 radical (unpaired) electrons. The molecule has 0 unspecified atom stereocenters. The van der Waals surface area contributed by atoms with Crippen molar-refractivity contribution in [3.8, 4) is 11.4 Å². The first-order valence-corrected chi connectivity index (χ1v) is 8.19. The lowest BCUT2D eigenvalue weighted by atomic mass is 9.95. The summed E-state index contributed by atoms with van der Waals surface area (Å²) in [6, 6.07) is 9.03. The highest BCUT2D eigenvalue weighted by Gasteiger charge is 2.23. The van der Waals surface area contributed by atoms with Gasteiger partial charge in [-0.2, -0.15) is 5.10 Å². The van der Waals surface area contributed by atoms with Gasteiger partial charge in [-0.05, 0) is 25.3 Å². The van der Waals surface area contributed by atoms with Crippen LogP contribution in [-0.2, 0) is 0 Å². The van der Waals surface area contributed by atoms with E-state index in [2.05, 4.69) is 49.7 Å². The van der Waals surface area contributed by atoms with E-state index in [0.29, 0.717) is 12.0 Å². The van der Waals surface area contributed by atoms with Crippen LogP contribution in [0, 0.1) is 6.92 Å². The molecule has 1 aliphatic carbocycles. The number of rotatable bonds is 3. The number of hydrogen-bond donors (Lipinski definition) is 0. The topological polar surface area (TPSA) is 30.7 Å². The van der Waals surface area contributed by atoms with Gasteiger partial charge in [0.05, 0.1) is 6.04 Å². The minimum atomic E-state index is 0.373. The second-order valence-corrected chi connectivity index (χ2v) is 6.50. The molecule has 1 aromatic carbocycles. The van der Waals surface area contributed by atoms with Crippen LogP contribution in [0.15, 0.2) is 24.3 Å². The molecule has 0 amide bonds. The minimum absolute atomic E-state index is 0.373. The fourth-order valence-electron chi connectivity index (χ4n) is 3.17. The summed E-state index contributed by atoms with van der Waals surface area (Å²) in [5, 5.41) is 4.86. The van der Waals surface area contributed by atoms with E-state index in [-0.39, 0.29) is 0 Å². The molecule has 1 saturated carbocycles. The van der Waals surface area contributed by atoms with E-state index < -0.39 is 0 Å². The van der Waals surface area contributed by atoms with Crippen molar-refractivity contribution in [2.45, 2.75) is 64.8 Å². The van der Waals surface area contributed by atoms with Crippen molar-refractivity contribution in [3.63, 3.8) is 0 Å². The van der Waals surface area contributed by atoms with Crippen molar-refractivity contribution in [1.29, 1.82) is 0 Å². The molecule has 112 valence electrons. The third kappa shape index (κ3) is 2.87. The zero-order valence-electron chi connectivity index (χ0n) is 13.3. The molecule has 1 aromatic heterocycles. The SMILES string of the molecule is Cc1ccccc1-c1nc(C(C)C)nn1C1CCCCC1. The highest BCUT2D eigenvalue weighted by Crippen LogP contribution is 2.33. The molecular formula is C18H25N3. The molecule has 3 rings (SSSR count). The van der Waals surface area contributed by atoms with Crippen LogP contribution in [0.5, 0.6) is 0 Å². The highest BCUT2D eigenvalue weighted by atomic mass is 15.4. The van der Waals surface area contributed by atoms with E-state index in [1.54, 1.807) is 0 Å². The first-order chi connectivity index (χ1) is 10.2. The predicted molar refractivity (Wildman–Crippen MR) is 86.4 cm³/mol. The van der Waals surface area contributed by atoms with Crippen molar-refractivity contribution in [1.82, 2.24) is 14.8 Å². The van der Waals surface area contributed by atoms with Gasteiger partial charge in [-0.15, -0.1) is 0 Å². The molecule has 0 N–H and O–H groups in total. The Kier molecular flexibility index (Phi) is 4.09. The lowest BCUT2D eigenvalue weighted by molar-refractivity contribution is 0.330. The van der Waals surface area contributed by atoms with Crippen molar-refractivity contribution in [2.75, 3.05) is 0 Å². The van der Waals surface area contributed by atoms with Crippen LogP contribution >= 0.6 is 0 Å². The number of aromatic nitrogens is 3. The zero-order valence-corrected chi connectivity index (χ0v) is 13.3. The fourth-order valence-corrected chi connectivity index (χ4v) is 3.17. The van der Waals surface area contributed by atoms with Crippen LogP contribution in [0.25, 0.3) is 11.4 Å². The summed E-state index contributed by atoms with van der Waals surface area (Å²) in [6.45, 7) is 6.49. The fraction of sp³-hybridized carbons (Fsp3) is 0.556. The molecular weight excluding hydrogens is 258 g/mol. The largest absolute Gasteiger partial charge is 0.242 e. The van der Waals surface area contributed by atoms with E-state index >= 15 is 0 Å². The Balaban J connectivity index is 2.07. The van der Waals surface area contributed by atoms with Crippen LogP contribution in [0.2, 0.25) is 0 Å². The summed E-state index contributed by atoms with van der Waals surface area (Å²) in [4.78, 5) is 4.87. The van der Waals surface area contributed by atoms with Crippen LogP contribution in [0.1, 0.15) is 69.3 Å². The summed E-state index contributed by atoms with van der Waals surface area (Å²) in [5.74, 6) is 2.40. The molecule has 2 aromatic rings. The molecule has 3 heteroatoms. The van der Waals surface area contributed by atoms with E-state index in [1.165, 1.54) is 43.2 Å². The summed E-state index contributed by atoms with van der Waals surface area (Å²) in [6.07, 6.45) is 6.46. The molecule has 0 aliphatic heterocycles. The van der Waals surface area contributed by atoms with E-state index in [9.17, 15) is 0 Å². The van der Waals surface area contributed by atoms with Gasteiger partial charge in [-0.3, -0.25) is 0 Å². The summed E-state index contributed by atoms with van der Waals surface area (Å²) in [5.41, 5.74) is 2.50. The first kappa shape index (κ1) is 14.3. The maximum Gasteiger partial charge on any atom is 0.158 e. The van der Waals surface area contributed by atoms with Gasteiger partial charge in [0.1, 0.15) is 0 Å². The van der Waals surface area contributed by atoms with Gasteiger partial charge in [0.2, 0.25) is 0 Å². The number of benzene rings is 1. The van der Waals surface area contributed by atoms with Crippen molar-refractivity contribution < 1.29 is 0 Å². The first-order valence-electron chi connectivity index (χ1n) is 8.19. The molecule has 0 bridgehead atoms. The second kappa shape index (κ2) is 6.00. The lowest BCUT2D eigenvalue weighted by Crippen LogP contribution is -2.15. The molecule has 1 fully saturated rings. The maximum absolute atomic E-state index is 4.87. The minimum Gasteiger partial charge on any atom is -0.242 e. The molecule has 21 heavy (non-hydrogen) atoms. The Hall–Kier alpha value is -1.64. The Labute approximate surface area is 127 Å². The third-order valence-electron chi connectivity index (χ3n) is 4.47. The van der Waals surface area contributed by atoms with Gasteiger partial charge in [0.25, 0.3) is 0 Å². The normalized spacial score (nSPS) is 16.6. The maximum atomic E-state index is 4.87. The Bertz CT molecular complexity index is 607. The van der Waals surface area contributed by atoms with Gasteiger partial charge in [-0.1, -0.05) is 57.4 Å². The summed E-state index contributed by atoms with van der Waals surface area (Å²) < 4.78 is 2.22. The molecule has 0 atom stereocenters. The quantitative estimate of drug-likeness (QED) is 0.803. The second-order valence-electron chi connectivity index (χ2n) is 6.50. The standard InChI is InChI=1S/C18H25N3/c1-13(2)17-19-18(16-12-8-7-9-14(16)3)21(20-17)15-10-5-4-6-11-15/h7-9,12-13,15H,4-6,10-11H2,1-3H3. The molecule has 0 spiro atoms. The van der Waals surface area contributed by atoms with Gasteiger partial charge < -0.3 is 0 Å². The zero-order chi connectivity index (χ0) is 14.8. The van der Waals surface area contributed by atoms with Crippen molar-refractivity contribution in [3.05, 3.63) is 35.7 Å². The van der Waals surface area contributed by atoms with Crippen LogP contribution in [0.3, 0.4) is 0 Å². The third-order valence-corrected chi connectivity index (χ3v) is 4.47. The van der Waals surface area contributed by atoms with Crippen molar-refractivity contribution >= 4 is 0 Å². The highest BCUT2D eigenvalue weighted by molar-refractivity contribution is 5.60. The van der Waals surface area contributed by atoms with Crippen LogP contribution in [0.4, 0.5) is 0 Å². The van der Waals surface area contributed by atoms with E-state index in [4.69, 9.17) is 10.1 Å². The van der Waals surface area contributed by atoms with Crippen LogP contribution < -0.4 is 0 Å². The van der Waals surface area contributed by atoms with E-state index in [1.807, 2.05) is 0 Å². The molecule has 1 aliphatic rings. The number of aryl methyl sites for hydroxylation is 1. The molecule has 0 saturated heterocycles. The Morgan fingerprint density at radius 2 is 1.81 bits per heavy atom. The number of nitrogens with zero attached hydrogens (tertiary/aromatic N) is 3. The average Bonchev–Trinajstić information content (AvgIpc) is 2.94. The average molecular weight is 283 g/mol. The van der Waals surface area contributed by atoms with Crippen molar-refractivity contribution in [2.24, 2.45) is 0 Å². The van der Waals surface area contributed by atoms with Gasteiger partial charge >= 0.3 is 0 Å².